The zero-order valence-corrected chi connectivity index (χ0v) is 20.3. The summed E-state index contributed by atoms with van der Waals surface area (Å²) in [6.45, 7) is 10.2. The molecule has 1 heteroatoms. The summed E-state index contributed by atoms with van der Waals surface area (Å²) in [5.74, 6) is 2.84. The maximum Gasteiger partial charge on any atom is 0.132 e. The molecule has 3 fully saturated rings. The number of carbonyl (C=O) groups is 1. The van der Waals surface area contributed by atoms with Crippen LogP contribution in [0.25, 0.3) is 0 Å². The van der Waals surface area contributed by atoms with Crippen molar-refractivity contribution in [1.82, 2.24) is 0 Å². The Kier molecular flexibility index (Phi) is 15.6. The molecule has 0 unspecified atom stereocenters. The molecular weight excluding hydrogens is 352 g/mol. The zero-order valence-electron chi connectivity index (χ0n) is 20.3. The van der Waals surface area contributed by atoms with Gasteiger partial charge in [0.2, 0.25) is 0 Å². The Hall–Kier alpha value is -0.590. The zero-order chi connectivity index (χ0) is 21.3. The molecule has 1 nitrogen and oxygen atoms in total. The summed E-state index contributed by atoms with van der Waals surface area (Å²) in [5.41, 5.74) is 1.43. The average molecular weight is 405 g/mol. The van der Waals surface area contributed by atoms with E-state index < -0.39 is 0 Å². The molecule has 3 saturated carbocycles. The van der Waals surface area contributed by atoms with Gasteiger partial charge in [0.1, 0.15) is 5.78 Å². The summed E-state index contributed by atoms with van der Waals surface area (Å²) in [5, 5.41) is 0. The number of Topliss-reactive ketones (excluding diaryl/α,β-unsaturated/α-hetero) is 1. The third-order valence-electron chi connectivity index (χ3n) is 7.49. The van der Waals surface area contributed by atoms with Crippen LogP contribution >= 0.6 is 0 Å². The van der Waals surface area contributed by atoms with Crippen molar-refractivity contribution < 1.29 is 4.79 Å². The topological polar surface area (TPSA) is 17.1 Å². The summed E-state index contributed by atoms with van der Waals surface area (Å²) in [7, 11) is 0. The first-order chi connectivity index (χ1) is 14.1. The highest BCUT2D eigenvalue weighted by atomic mass is 16.1. The Morgan fingerprint density at radius 1 is 0.759 bits per heavy atom. The molecule has 29 heavy (non-hydrogen) atoms. The van der Waals surface area contributed by atoms with Crippen LogP contribution in [-0.4, -0.2) is 5.78 Å². The molecule has 0 aromatic heterocycles. The van der Waals surface area contributed by atoms with Gasteiger partial charge in [-0.25, -0.2) is 0 Å². The number of carbonyl (C=O) groups excluding carboxylic acids is 1. The molecule has 0 aromatic carbocycles. The van der Waals surface area contributed by atoms with Gasteiger partial charge in [0.05, 0.1) is 0 Å². The first-order valence-corrected chi connectivity index (χ1v) is 13.2. The van der Waals surface area contributed by atoms with Gasteiger partial charge >= 0.3 is 0 Å². The third kappa shape index (κ3) is 13.3. The summed E-state index contributed by atoms with van der Waals surface area (Å²) in [6, 6.07) is 0. The van der Waals surface area contributed by atoms with Crippen LogP contribution in [0.5, 0.6) is 0 Å². The predicted molar refractivity (Wildman–Crippen MR) is 129 cm³/mol. The number of allylic oxidation sites excluding steroid dienone is 1. The van der Waals surface area contributed by atoms with E-state index in [1.807, 2.05) is 0 Å². The fourth-order valence-electron chi connectivity index (χ4n) is 4.46. The van der Waals surface area contributed by atoms with E-state index in [0.717, 1.165) is 24.7 Å². The lowest BCUT2D eigenvalue weighted by Crippen LogP contribution is -2.19. The Balaban J connectivity index is 0.000000243. The molecule has 0 atom stereocenters. The van der Waals surface area contributed by atoms with E-state index in [1.54, 1.807) is 6.92 Å². The summed E-state index contributed by atoms with van der Waals surface area (Å²) < 4.78 is 0. The number of rotatable bonds is 10. The van der Waals surface area contributed by atoms with Gasteiger partial charge in [-0.15, -0.1) is 0 Å². The molecule has 3 aliphatic rings. The second-order valence-electron chi connectivity index (χ2n) is 10.0. The third-order valence-corrected chi connectivity index (χ3v) is 7.49. The molecule has 0 saturated heterocycles. The number of hydrogen-bond donors (Lipinski definition) is 0. The van der Waals surface area contributed by atoms with Crippen LogP contribution in [0.1, 0.15) is 143 Å². The second kappa shape index (κ2) is 17.1. The highest BCUT2D eigenvalue weighted by molar-refractivity contribution is 5.78. The molecule has 0 N–H and O–H groups in total. The molecule has 0 radical (unpaired) electrons. The van der Waals surface area contributed by atoms with Gasteiger partial charge in [0.25, 0.3) is 0 Å². The minimum Gasteiger partial charge on any atom is -0.300 e. The SMILES string of the molecule is C1CCC1.C=C(CC)CCCCCC1CCC1.CCCC1CCC(C(C)=O)CC1. The minimum absolute atomic E-state index is 0.401. The molecular formula is C28H52O. The lowest BCUT2D eigenvalue weighted by atomic mass is 9.79. The van der Waals surface area contributed by atoms with Crippen LogP contribution in [0.2, 0.25) is 0 Å². The summed E-state index contributed by atoms with van der Waals surface area (Å²) in [4.78, 5) is 11.1. The second-order valence-corrected chi connectivity index (χ2v) is 10.0. The molecule has 0 amide bonds. The van der Waals surface area contributed by atoms with Gasteiger partial charge in [-0.2, -0.15) is 0 Å². The molecule has 0 bridgehead atoms. The molecule has 0 aliphatic heterocycles. The monoisotopic (exact) mass is 404 g/mol. The fraction of sp³-hybridized carbons (Fsp3) is 0.893. The van der Waals surface area contributed by atoms with Crippen molar-refractivity contribution in [3.05, 3.63) is 12.2 Å². The molecule has 0 heterocycles. The van der Waals surface area contributed by atoms with E-state index in [9.17, 15) is 4.79 Å². The maximum atomic E-state index is 11.1. The van der Waals surface area contributed by atoms with Gasteiger partial charge in [0, 0.05) is 5.92 Å². The Morgan fingerprint density at radius 2 is 1.34 bits per heavy atom. The normalized spacial score (nSPS) is 23.4. The van der Waals surface area contributed by atoms with E-state index in [-0.39, 0.29) is 0 Å². The standard InChI is InChI=1S/C13H24.C11H20O.C4H8/c1-3-12(2)8-5-4-6-9-13-10-7-11-13;1-3-4-10-5-7-11(8-6-10)9(2)12;1-2-4-3-1/h13H,2-11H2,1H3;10-11H,3-8H2,1-2H3;1-4H2. The minimum atomic E-state index is 0.401. The lowest BCUT2D eigenvalue weighted by molar-refractivity contribution is -0.121. The van der Waals surface area contributed by atoms with E-state index in [0.29, 0.717) is 11.7 Å². The molecule has 170 valence electrons. The predicted octanol–water partition coefficient (Wildman–Crippen LogP) is 9.45. The van der Waals surface area contributed by atoms with Gasteiger partial charge in [-0.3, -0.25) is 4.79 Å². The fourth-order valence-corrected chi connectivity index (χ4v) is 4.46. The molecule has 0 aromatic rings. The Labute approximate surface area is 183 Å². The van der Waals surface area contributed by atoms with Crippen LogP contribution in [0.3, 0.4) is 0 Å². The van der Waals surface area contributed by atoms with Crippen molar-refractivity contribution >= 4 is 5.78 Å². The summed E-state index contributed by atoms with van der Waals surface area (Å²) >= 11 is 0. The van der Waals surface area contributed by atoms with Crippen molar-refractivity contribution in [3.8, 4) is 0 Å². The first-order valence-electron chi connectivity index (χ1n) is 13.2. The number of hydrogen-bond acceptors (Lipinski definition) is 1. The van der Waals surface area contributed by atoms with Crippen LogP contribution in [0, 0.1) is 17.8 Å². The van der Waals surface area contributed by atoms with Gasteiger partial charge < -0.3 is 0 Å². The van der Waals surface area contributed by atoms with Gasteiger partial charge in [-0.05, 0) is 63.7 Å². The Bertz CT molecular complexity index is 404. The number of ketones is 1. The van der Waals surface area contributed by atoms with Crippen LogP contribution < -0.4 is 0 Å². The van der Waals surface area contributed by atoms with Crippen LogP contribution in [0.15, 0.2) is 12.2 Å². The van der Waals surface area contributed by atoms with Crippen LogP contribution in [-0.2, 0) is 4.79 Å². The highest BCUT2D eigenvalue weighted by Crippen LogP contribution is 2.32. The van der Waals surface area contributed by atoms with E-state index in [1.165, 1.54) is 115 Å². The smallest absolute Gasteiger partial charge is 0.132 e. The average Bonchev–Trinajstić information content (AvgIpc) is 2.62. The molecule has 0 spiro atoms. The lowest BCUT2D eigenvalue weighted by Gasteiger charge is -2.26. The molecule has 3 aliphatic carbocycles. The largest absolute Gasteiger partial charge is 0.300 e. The van der Waals surface area contributed by atoms with Crippen molar-refractivity contribution in [2.45, 2.75) is 143 Å². The van der Waals surface area contributed by atoms with E-state index in [4.69, 9.17) is 0 Å². The van der Waals surface area contributed by atoms with Crippen LogP contribution in [0.4, 0.5) is 0 Å². The summed E-state index contributed by atoms with van der Waals surface area (Å²) in [6.07, 6.45) is 26.3. The van der Waals surface area contributed by atoms with Crippen molar-refractivity contribution in [2.75, 3.05) is 0 Å². The maximum absolute atomic E-state index is 11.1. The van der Waals surface area contributed by atoms with Crippen molar-refractivity contribution in [3.63, 3.8) is 0 Å². The van der Waals surface area contributed by atoms with Gasteiger partial charge in [-0.1, -0.05) is 103 Å². The van der Waals surface area contributed by atoms with E-state index in [2.05, 4.69) is 20.4 Å². The van der Waals surface area contributed by atoms with Crippen molar-refractivity contribution in [1.29, 1.82) is 0 Å². The molecule has 3 rings (SSSR count). The van der Waals surface area contributed by atoms with Crippen molar-refractivity contribution in [2.24, 2.45) is 17.8 Å². The quantitative estimate of drug-likeness (QED) is 0.262. The first kappa shape index (κ1) is 26.4. The highest BCUT2D eigenvalue weighted by Gasteiger charge is 2.23. The van der Waals surface area contributed by atoms with E-state index >= 15 is 0 Å². The van der Waals surface area contributed by atoms with Gasteiger partial charge in [0.15, 0.2) is 0 Å². The Morgan fingerprint density at radius 3 is 1.76 bits per heavy atom. The number of unbranched alkanes of at least 4 members (excludes halogenated alkanes) is 2.